The van der Waals surface area contributed by atoms with Gasteiger partial charge in [-0.1, -0.05) is 42.5 Å². The Balaban J connectivity index is 1.57. The van der Waals surface area contributed by atoms with Crippen molar-refractivity contribution in [3.05, 3.63) is 48.0 Å². The topological polar surface area (TPSA) is 57.6 Å². The van der Waals surface area contributed by atoms with E-state index in [1.54, 1.807) is 4.90 Å². The van der Waals surface area contributed by atoms with Crippen LogP contribution >= 0.6 is 0 Å². The van der Waals surface area contributed by atoms with Gasteiger partial charge in [-0.25, -0.2) is 4.79 Å². The van der Waals surface area contributed by atoms with E-state index >= 15 is 0 Å². The summed E-state index contributed by atoms with van der Waals surface area (Å²) in [5.41, 5.74) is 1.22. The van der Waals surface area contributed by atoms with E-state index in [0.717, 1.165) is 12.8 Å². The SMILES string of the molecule is O=C(O)C1CCCN1C(=O)C1CC1c1cccc2ccccc12. The quantitative estimate of drug-likeness (QED) is 0.948. The minimum atomic E-state index is -0.877. The fourth-order valence-corrected chi connectivity index (χ4v) is 3.89. The highest BCUT2D eigenvalue weighted by molar-refractivity contribution is 5.91. The first-order valence-electron chi connectivity index (χ1n) is 8.18. The average molecular weight is 309 g/mol. The van der Waals surface area contributed by atoms with E-state index in [0.29, 0.717) is 13.0 Å². The molecule has 2 fully saturated rings. The van der Waals surface area contributed by atoms with Crippen LogP contribution in [0.3, 0.4) is 0 Å². The highest BCUT2D eigenvalue weighted by Crippen LogP contribution is 2.50. The maximum atomic E-state index is 12.7. The van der Waals surface area contributed by atoms with Crippen molar-refractivity contribution in [1.82, 2.24) is 4.90 Å². The number of carbonyl (C=O) groups excluding carboxylic acids is 1. The zero-order chi connectivity index (χ0) is 16.0. The van der Waals surface area contributed by atoms with E-state index in [1.165, 1.54) is 16.3 Å². The number of benzene rings is 2. The van der Waals surface area contributed by atoms with Crippen molar-refractivity contribution >= 4 is 22.6 Å². The Morgan fingerprint density at radius 3 is 2.70 bits per heavy atom. The summed E-state index contributed by atoms with van der Waals surface area (Å²) < 4.78 is 0. The predicted octanol–water partition coefficient (Wildman–Crippen LogP) is 3.02. The molecule has 0 radical (unpaired) electrons. The van der Waals surface area contributed by atoms with Crippen LogP contribution in [0.4, 0.5) is 0 Å². The lowest BCUT2D eigenvalue weighted by molar-refractivity contribution is -0.148. The van der Waals surface area contributed by atoms with Gasteiger partial charge in [0.25, 0.3) is 0 Å². The third kappa shape index (κ3) is 2.38. The van der Waals surface area contributed by atoms with Crippen molar-refractivity contribution in [2.45, 2.75) is 31.2 Å². The number of nitrogens with zero attached hydrogens (tertiary/aromatic N) is 1. The summed E-state index contributed by atoms with van der Waals surface area (Å²) in [6, 6.07) is 13.8. The first kappa shape index (κ1) is 14.2. The molecular weight excluding hydrogens is 290 g/mol. The molecule has 23 heavy (non-hydrogen) atoms. The van der Waals surface area contributed by atoms with Gasteiger partial charge in [-0.3, -0.25) is 4.79 Å². The molecule has 0 spiro atoms. The predicted molar refractivity (Wildman–Crippen MR) is 87.2 cm³/mol. The Hall–Kier alpha value is -2.36. The third-order valence-electron chi connectivity index (χ3n) is 5.15. The lowest BCUT2D eigenvalue weighted by Gasteiger charge is -2.21. The summed E-state index contributed by atoms with van der Waals surface area (Å²) in [5.74, 6) is -0.685. The minimum absolute atomic E-state index is 0.0211. The van der Waals surface area contributed by atoms with E-state index in [4.69, 9.17) is 0 Å². The molecule has 2 aliphatic rings. The summed E-state index contributed by atoms with van der Waals surface area (Å²) in [6.45, 7) is 0.578. The van der Waals surface area contributed by atoms with Gasteiger partial charge in [0.1, 0.15) is 6.04 Å². The van der Waals surface area contributed by atoms with Gasteiger partial charge < -0.3 is 10.0 Å². The smallest absolute Gasteiger partial charge is 0.326 e. The van der Waals surface area contributed by atoms with E-state index in [-0.39, 0.29) is 17.7 Å². The first-order valence-corrected chi connectivity index (χ1v) is 8.18. The molecule has 4 nitrogen and oxygen atoms in total. The Bertz CT molecular complexity index is 780. The number of carboxylic acid groups (broad SMARTS) is 1. The maximum absolute atomic E-state index is 12.7. The van der Waals surface area contributed by atoms with Crippen LogP contribution in [0.2, 0.25) is 0 Å². The standard InChI is InChI=1S/C19H19NO3/c21-18(20-10-4-9-17(20)19(22)23)16-11-15(16)14-8-3-6-12-5-1-2-7-13(12)14/h1-3,5-8,15-17H,4,9-11H2,(H,22,23). The van der Waals surface area contributed by atoms with Crippen molar-refractivity contribution < 1.29 is 14.7 Å². The molecule has 1 N–H and O–H groups in total. The van der Waals surface area contributed by atoms with Crippen LogP contribution in [0.25, 0.3) is 10.8 Å². The van der Waals surface area contributed by atoms with Crippen molar-refractivity contribution in [3.63, 3.8) is 0 Å². The highest BCUT2D eigenvalue weighted by Gasteiger charge is 2.49. The van der Waals surface area contributed by atoms with E-state index < -0.39 is 12.0 Å². The van der Waals surface area contributed by atoms with Crippen molar-refractivity contribution in [2.24, 2.45) is 5.92 Å². The van der Waals surface area contributed by atoms with Crippen molar-refractivity contribution in [2.75, 3.05) is 6.54 Å². The summed E-state index contributed by atoms with van der Waals surface area (Å²) in [5, 5.41) is 11.7. The lowest BCUT2D eigenvalue weighted by atomic mass is 10.00. The zero-order valence-electron chi connectivity index (χ0n) is 12.8. The molecule has 1 saturated heterocycles. The number of carbonyl (C=O) groups is 2. The fourth-order valence-electron chi connectivity index (χ4n) is 3.89. The van der Waals surface area contributed by atoms with Crippen LogP contribution < -0.4 is 0 Å². The van der Waals surface area contributed by atoms with Crippen molar-refractivity contribution in [3.8, 4) is 0 Å². The molecule has 1 saturated carbocycles. The second-order valence-electron chi connectivity index (χ2n) is 6.54. The number of aliphatic carboxylic acids is 1. The van der Waals surface area contributed by atoms with Gasteiger partial charge in [0.15, 0.2) is 0 Å². The molecule has 1 heterocycles. The van der Waals surface area contributed by atoms with Gasteiger partial charge >= 0.3 is 5.97 Å². The van der Waals surface area contributed by atoms with E-state index in [1.807, 2.05) is 18.2 Å². The molecular formula is C19H19NO3. The second kappa shape index (κ2) is 5.37. The third-order valence-corrected chi connectivity index (χ3v) is 5.15. The van der Waals surface area contributed by atoms with Crippen LogP contribution in [-0.2, 0) is 9.59 Å². The molecule has 2 aromatic carbocycles. The Morgan fingerprint density at radius 2 is 1.87 bits per heavy atom. The minimum Gasteiger partial charge on any atom is -0.480 e. The van der Waals surface area contributed by atoms with Crippen LogP contribution in [0.5, 0.6) is 0 Å². The number of hydrogen-bond acceptors (Lipinski definition) is 2. The molecule has 3 atom stereocenters. The summed E-state index contributed by atoms with van der Waals surface area (Å²) in [4.78, 5) is 25.6. The highest BCUT2D eigenvalue weighted by atomic mass is 16.4. The monoisotopic (exact) mass is 309 g/mol. The van der Waals surface area contributed by atoms with E-state index in [9.17, 15) is 14.7 Å². The zero-order valence-corrected chi connectivity index (χ0v) is 12.8. The summed E-state index contributed by atoms with van der Waals surface area (Å²) >= 11 is 0. The van der Waals surface area contributed by atoms with Gasteiger partial charge in [-0.2, -0.15) is 0 Å². The first-order chi connectivity index (χ1) is 11.2. The molecule has 2 aromatic rings. The number of rotatable bonds is 3. The van der Waals surface area contributed by atoms with Gasteiger partial charge in [0.05, 0.1) is 0 Å². The summed E-state index contributed by atoms with van der Waals surface area (Å²) in [6.07, 6.45) is 2.19. The molecule has 1 aliphatic heterocycles. The fraction of sp³-hybridized carbons (Fsp3) is 0.368. The lowest BCUT2D eigenvalue weighted by Crippen LogP contribution is -2.41. The van der Waals surface area contributed by atoms with Gasteiger partial charge in [-0.05, 0) is 41.5 Å². The molecule has 4 heteroatoms. The molecule has 0 bridgehead atoms. The molecule has 1 aliphatic carbocycles. The number of fused-ring (bicyclic) bond motifs is 1. The largest absolute Gasteiger partial charge is 0.480 e. The Kier molecular flexibility index (Phi) is 3.33. The summed E-state index contributed by atoms with van der Waals surface area (Å²) in [7, 11) is 0. The second-order valence-corrected chi connectivity index (χ2v) is 6.54. The molecule has 1 amide bonds. The van der Waals surface area contributed by atoms with Crippen LogP contribution in [0.1, 0.15) is 30.7 Å². The van der Waals surface area contributed by atoms with Gasteiger partial charge in [-0.15, -0.1) is 0 Å². The van der Waals surface area contributed by atoms with Crippen LogP contribution in [0.15, 0.2) is 42.5 Å². The molecule has 118 valence electrons. The number of hydrogen-bond donors (Lipinski definition) is 1. The number of amides is 1. The van der Waals surface area contributed by atoms with Crippen LogP contribution in [0, 0.1) is 5.92 Å². The number of likely N-dealkylation sites (tertiary alicyclic amines) is 1. The number of carboxylic acids is 1. The molecule has 3 unspecified atom stereocenters. The molecule has 4 rings (SSSR count). The van der Waals surface area contributed by atoms with E-state index in [2.05, 4.69) is 24.3 Å². The maximum Gasteiger partial charge on any atom is 0.326 e. The van der Waals surface area contributed by atoms with Crippen LogP contribution in [-0.4, -0.2) is 34.5 Å². The van der Waals surface area contributed by atoms with Crippen molar-refractivity contribution in [1.29, 1.82) is 0 Å². The molecule has 0 aromatic heterocycles. The Morgan fingerprint density at radius 1 is 1.09 bits per heavy atom. The normalized spacial score (nSPS) is 26.4. The van der Waals surface area contributed by atoms with Gasteiger partial charge in [0, 0.05) is 12.5 Å². The van der Waals surface area contributed by atoms with Gasteiger partial charge in [0.2, 0.25) is 5.91 Å². The average Bonchev–Trinajstić information content (AvgIpc) is 3.20. The Labute approximate surface area is 134 Å².